The van der Waals surface area contributed by atoms with Crippen molar-refractivity contribution in [1.29, 1.82) is 0 Å². The molecule has 2 aromatic carbocycles. The van der Waals surface area contributed by atoms with Crippen LogP contribution in [0.3, 0.4) is 0 Å². The third-order valence-electron chi connectivity index (χ3n) is 4.55. The van der Waals surface area contributed by atoms with Crippen molar-refractivity contribution < 1.29 is 34.8 Å². The molecule has 0 fully saturated rings. The SMILES string of the molecule is CC(c1ccc(S(N)(=O)=O)cc1)N(C)C(=O)CNS(=O)(=O)c1cccc(C(F)(F)F)c1. The molecule has 13 heteroatoms. The molecular formula is C18H20F3N3O5S2. The second kappa shape index (κ2) is 8.94. The summed E-state index contributed by atoms with van der Waals surface area (Å²) in [7, 11) is -6.83. The second-order valence-electron chi connectivity index (χ2n) is 6.64. The summed E-state index contributed by atoms with van der Waals surface area (Å²) in [5.74, 6) is -0.654. The maximum atomic E-state index is 12.8. The molecule has 0 aliphatic rings. The number of amides is 1. The fourth-order valence-electron chi connectivity index (χ4n) is 2.58. The molecule has 2 rings (SSSR count). The predicted octanol–water partition coefficient (Wildman–Crippen LogP) is 1.85. The van der Waals surface area contributed by atoms with Gasteiger partial charge in [-0.05, 0) is 42.8 Å². The summed E-state index contributed by atoms with van der Waals surface area (Å²) in [6.07, 6.45) is -4.71. The Hall–Kier alpha value is -2.48. The molecule has 31 heavy (non-hydrogen) atoms. The first-order valence-corrected chi connectivity index (χ1v) is 11.7. The van der Waals surface area contributed by atoms with Gasteiger partial charge in [0.1, 0.15) is 0 Å². The number of hydrogen-bond donors (Lipinski definition) is 2. The highest BCUT2D eigenvalue weighted by Crippen LogP contribution is 2.30. The van der Waals surface area contributed by atoms with Crippen molar-refractivity contribution in [1.82, 2.24) is 9.62 Å². The molecular weight excluding hydrogens is 459 g/mol. The molecule has 1 atom stereocenters. The Morgan fingerprint density at radius 3 is 2.16 bits per heavy atom. The van der Waals surface area contributed by atoms with Crippen LogP contribution in [-0.2, 0) is 31.0 Å². The highest BCUT2D eigenvalue weighted by Gasteiger charge is 2.32. The number of halogens is 3. The van der Waals surface area contributed by atoms with E-state index in [-0.39, 0.29) is 4.90 Å². The number of primary sulfonamides is 1. The summed E-state index contributed by atoms with van der Waals surface area (Å²) in [6.45, 7) is 0.944. The number of sulfonamides is 2. The second-order valence-corrected chi connectivity index (χ2v) is 9.97. The lowest BCUT2D eigenvalue weighted by Crippen LogP contribution is -2.39. The third kappa shape index (κ3) is 6.26. The van der Waals surface area contributed by atoms with Gasteiger partial charge in [0, 0.05) is 7.05 Å². The molecule has 2 aromatic rings. The normalized spacial score (nSPS) is 13.6. The lowest BCUT2D eigenvalue weighted by Gasteiger charge is -2.25. The summed E-state index contributed by atoms with van der Waals surface area (Å²) >= 11 is 0. The lowest BCUT2D eigenvalue weighted by atomic mass is 10.1. The van der Waals surface area contributed by atoms with Crippen molar-refractivity contribution in [2.45, 2.75) is 28.9 Å². The Morgan fingerprint density at radius 1 is 1.06 bits per heavy atom. The summed E-state index contributed by atoms with van der Waals surface area (Å²) in [5, 5.41) is 5.03. The highest BCUT2D eigenvalue weighted by molar-refractivity contribution is 7.89. The minimum absolute atomic E-state index is 0.105. The smallest absolute Gasteiger partial charge is 0.338 e. The quantitative estimate of drug-likeness (QED) is 0.627. The first kappa shape index (κ1) is 24.8. The number of nitrogens with one attached hydrogen (secondary N) is 1. The number of alkyl halides is 3. The van der Waals surface area contributed by atoms with E-state index in [1.54, 1.807) is 6.92 Å². The van der Waals surface area contributed by atoms with Crippen molar-refractivity contribution >= 4 is 26.0 Å². The van der Waals surface area contributed by atoms with Gasteiger partial charge in [0.15, 0.2) is 0 Å². The van der Waals surface area contributed by atoms with Crippen LogP contribution >= 0.6 is 0 Å². The standard InChI is InChI=1S/C18H20F3N3O5S2/c1-12(13-6-8-15(9-7-13)30(22,26)27)24(2)17(25)11-23-31(28,29)16-5-3-4-14(10-16)18(19,20)21/h3-10,12,23H,11H2,1-2H3,(H2,22,26,27). The van der Waals surface area contributed by atoms with Gasteiger partial charge < -0.3 is 4.90 Å². The van der Waals surface area contributed by atoms with Gasteiger partial charge >= 0.3 is 6.18 Å². The summed E-state index contributed by atoms with van der Waals surface area (Å²) < 4.78 is 87.6. The van der Waals surface area contributed by atoms with Gasteiger partial charge in [0.25, 0.3) is 0 Å². The van der Waals surface area contributed by atoms with E-state index in [1.165, 1.54) is 36.2 Å². The van der Waals surface area contributed by atoms with E-state index >= 15 is 0 Å². The molecule has 8 nitrogen and oxygen atoms in total. The van der Waals surface area contributed by atoms with Crippen LogP contribution in [0.1, 0.15) is 24.1 Å². The van der Waals surface area contributed by atoms with E-state index in [0.29, 0.717) is 11.6 Å². The predicted molar refractivity (Wildman–Crippen MR) is 106 cm³/mol. The Labute approximate surface area is 178 Å². The number of carbonyl (C=O) groups is 1. The van der Waals surface area contributed by atoms with E-state index in [2.05, 4.69) is 0 Å². The Balaban J connectivity index is 2.09. The molecule has 0 aromatic heterocycles. The topological polar surface area (TPSA) is 127 Å². The first-order valence-electron chi connectivity index (χ1n) is 8.68. The monoisotopic (exact) mass is 479 g/mol. The zero-order valence-corrected chi connectivity index (χ0v) is 18.1. The molecule has 0 spiro atoms. The molecule has 1 amide bonds. The lowest BCUT2D eigenvalue weighted by molar-refractivity contribution is -0.137. The van der Waals surface area contributed by atoms with E-state index in [4.69, 9.17) is 5.14 Å². The molecule has 0 aliphatic carbocycles. The van der Waals surface area contributed by atoms with Crippen LogP contribution in [0.15, 0.2) is 58.3 Å². The first-order chi connectivity index (χ1) is 14.1. The van der Waals surface area contributed by atoms with E-state index in [0.717, 1.165) is 18.2 Å². The summed E-state index contributed by atoms with van der Waals surface area (Å²) in [4.78, 5) is 12.9. The van der Waals surface area contributed by atoms with Crippen molar-refractivity contribution in [2.75, 3.05) is 13.6 Å². The van der Waals surface area contributed by atoms with Crippen LogP contribution in [0.4, 0.5) is 13.2 Å². The molecule has 0 aliphatic heterocycles. The molecule has 0 saturated heterocycles. The number of nitrogens with zero attached hydrogens (tertiary/aromatic N) is 1. The minimum Gasteiger partial charge on any atom is -0.338 e. The van der Waals surface area contributed by atoms with Gasteiger partial charge in [-0.3, -0.25) is 4.79 Å². The number of nitrogens with two attached hydrogens (primary N) is 1. The van der Waals surface area contributed by atoms with Crippen LogP contribution in [0.25, 0.3) is 0 Å². The van der Waals surface area contributed by atoms with Crippen molar-refractivity contribution in [3.05, 3.63) is 59.7 Å². The van der Waals surface area contributed by atoms with Crippen molar-refractivity contribution in [3.63, 3.8) is 0 Å². The zero-order chi connectivity index (χ0) is 23.6. The highest BCUT2D eigenvalue weighted by atomic mass is 32.2. The number of likely N-dealkylation sites (N-methyl/N-ethyl adjacent to an activating group) is 1. The maximum absolute atomic E-state index is 12.8. The van der Waals surface area contributed by atoms with Crippen LogP contribution in [0.2, 0.25) is 0 Å². The average Bonchev–Trinajstić information content (AvgIpc) is 2.70. The van der Waals surface area contributed by atoms with Crippen molar-refractivity contribution in [3.8, 4) is 0 Å². The molecule has 0 radical (unpaired) electrons. The summed E-state index contributed by atoms with van der Waals surface area (Å²) in [5.41, 5.74) is -0.570. The molecule has 0 heterocycles. The fourth-order valence-corrected chi connectivity index (χ4v) is 4.12. The van der Waals surface area contributed by atoms with Gasteiger partial charge in [-0.25, -0.2) is 26.7 Å². The van der Waals surface area contributed by atoms with Crippen LogP contribution < -0.4 is 9.86 Å². The maximum Gasteiger partial charge on any atom is 0.416 e. The Morgan fingerprint density at radius 2 is 1.65 bits per heavy atom. The molecule has 170 valence electrons. The number of benzene rings is 2. The largest absolute Gasteiger partial charge is 0.416 e. The van der Waals surface area contributed by atoms with Gasteiger partial charge in [-0.2, -0.15) is 13.2 Å². The van der Waals surface area contributed by atoms with Gasteiger partial charge in [0.05, 0.1) is 27.9 Å². The van der Waals surface area contributed by atoms with Crippen LogP contribution in [0.5, 0.6) is 0 Å². The van der Waals surface area contributed by atoms with Crippen LogP contribution in [-0.4, -0.2) is 41.2 Å². The fraction of sp³-hybridized carbons (Fsp3) is 0.278. The molecule has 0 saturated carbocycles. The summed E-state index contributed by atoms with van der Waals surface area (Å²) in [6, 6.07) is 8.07. The average molecular weight is 480 g/mol. The number of rotatable bonds is 7. The van der Waals surface area contributed by atoms with E-state index in [1.807, 2.05) is 4.72 Å². The van der Waals surface area contributed by atoms with E-state index < -0.39 is 55.2 Å². The number of carbonyl (C=O) groups excluding carboxylic acids is 1. The van der Waals surface area contributed by atoms with Gasteiger partial charge in [-0.15, -0.1) is 0 Å². The molecule has 3 N–H and O–H groups in total. The molecule has 0 bridgehead atoms. The molecule has 1 unspecified atom stereocenters. The Kier molecular flexibility index (Phi) is 7.15. The third-order valence-corrected chi connectivity index (χ3v) is 6.88. The zero-order valence-electron chi connectivity index (χ0n) is 16.4. The van der Waals surface area contributed by atoms with Crippen molar-refractivity contribution in [2.24, 2.45) is 5.14 Å². The van der Waals surface area contributed by atoms with E-state index in [9.17, 15) is 34.8 Å². The Bertz CT molecular complexity index is 1160. The van der Waals surface area contributed by atoms with Gasteiger partial charge in [0.2, 0.25) is 26.0 Å². The number of hydrogen-bond acceptors (Lipinski definition) is 5. The van der Waals surface area contributed by atoms with Crippen LogP contribution in [0, 0.1) is 0 Å². The van der Waals surface area contributed by atoms with Gasteiger partial charge in [-0.1, -0.05) is 18.2 Å². The minimum atomic E-state index is -4.71.